The largest absolute Gasteiger partial charge is 0.299 e. The van der Waals surface area contributed by atoms with E-state index in [2.05, 4.69) is 44.4 Å². The quantitative estimate of drug-likeness (QED) is 0.561. The zero-order chi connectivity index (χ0) is 20.5. The number of carbonyl (C=O) groups excluding carboxylic acids is 2. The van der Waals surface area contributed by atoms with Crippen LogP contribution in [0.25, 0.3) is 0 Å². The minimum Gasteiger partial charge on any atom is -0.299 e. The van der Waals surface area contributed by atoms with Crippen molar-refractivity contribution in [1.82, 2.24) is 20.4 Å². The fourth-order valence-corrected chi connectivity index (χ4v) is 4.25. The number of imide groups is 1. The smallest absolute Gasteiger partial charge is 0.255 e. The third-order valence-electron chi connectivity index (χ3n) is 5.97. The summed E-state index contributed by atoms with van der Waals surface area (Å²) in [5.41, 5.74) is 2.14. The van der Waals surface area contributed by atoms with Crippen LogP contribution in [0.3, 0.4) is 0 Å². The van der Waals surface area contributed by atoms with E-state index in [0.29, 0.717) is 6.41 Å². The van der Waals surface area contributed by atoms with E-state index in [1.54, 1.807) is 7.05 Å². The average Bonchev–Trinajstić information content (AvgIpc) is 2.77. The Labute approximate surface area is 174 Å². The molecule has 2 N–H and O–H groups in total. The number of benzene rings is 1. The van der Waals surface area contributed by atoms with Crippen LogP contribution < -0.4 is 10.6 Å². The zero-order valence-electron chi connectivity index (χ0n) is 17.3. The highest BCUT2D eigenvalue weighted by molar-refractivity contribution is 5.92. The van der Waals surface area contributed by atoms with Crippen LogP contribution in [0.15, 0.2) is 24.3 Å². The molecule has 2 amide bonds. The molecule has 1 aliphatic heterocycles. The van der Waals surface area contributed by atoms with Gasteiger partial charge in [0.05, 0.1) is 0 Å². The Morgan fingerprint density at radius 2 is 1.83 bits per heavy atom. The van der Waals surface area contributed by atoms with Crippen molar-refractivity contribution in [3.05, 3.63) is 35.4 Å². The first-order valence-electron chi connectivity index (χ1n) is 10.7. The van der Waals surface area contributed by atoms with Crippen LogP contribution in [0.2, 0.25) is 0 Å². The molecule has 29 heavy (non-hydrogen) atoms. The van der Waals surface area contributed by atoms with Gasteiger partial charge >= 0.3 is 0 Å². The van der Waals surface area contributed by atoms with Crippen LogP contribution in [0.5, 0.6) is 0 Å². The summed E-state index contributed by atoms with van der Waals surface area (Å²) in [6.07, 6.45) is 7.35. The van der Waals surface area contributed by atoms with Crippen molar-refractivity contribution >= 4 is 12.3 Å². The Morgan fingerprint density at radius 3 is 2.45 bits per heavy atom. The number of carbonyl (C=O) groups is 2. The van der Waals surface area contributed by atoms with Crippen LogP contribution in [0.1, 0.15) is 43.2 Å². The standard InChI is InChI=1S/C23H32N4O2/c1-24-22(23(29)25-18-28)12-11-19-7-9-20(10-8-19)17-26-13-15-27(16-14-26)21-5-3-2-4-6-21/h7-10,18,21-22,24H,2-6,13-17H2,1H3,(H,25,28,29). The molecular formula is C23H32N4O2. The van der Waals surface area contributed by atoms with Gasteiger partial charge in [0.25, 0.3) is 5.91 Å². The van der Waals surface area contributed by atoms with Gasteiger partial charge in [0.2, 0.25) is 6.41 Å². The fraction of sp³-hybridized carbons (Fsp3) is 0.565. The van der Waals surface area contributed by atoms with Crippen molar-refractivity contribution in [2.24, 2.45) is 0 Å². The maximum atomic E-state index is 11.7. The monoisotopic (exact) mass is 396 g/mol. The molecule has 1 aliphatic carbocycles. The second-order valence-electron chi connectivity index (χ2n) is 7.92. The van der Waals surface area contributed by atoms with Crippen molar-refractivity contribution < 1.29 is 9.59 Å². The fourth-order valence-electron chi connectivity index (χ4n) is 4.25. The number of amides is 2. The van der Waals surface area contributed by atoms with Gasteiger partial charge in [0.1, 0.15) is 6.04 Å². The molecule has 0 aromatic heterocycles. The van der Waals surface area contributed by atoms with Gasteiger partial charge in [0.15, 0.2) is 0 Å². The Balaban J connectivity index is 1.48. The van der Waals surface area contributed by atoms with Gasteiger partial charge in [-0.05, 0) is 37.6 Å². The van der Waals surface area contributed by atoms with Crippen molar-refractivity contribution in [2.75, 3.05) is 33.2 Å². The van der Waals surface area contributed by atoms with Gasteiger partial charge in [-0.1, -0.05) is 43.2 Å². The lowest BCUT2D eigenvalue weighted by molar-refractivity contribution is -0.125. The Morgan fingerprint density at radius 1 is 1.14 bits per heavy atom. The molecule has 1 atom stereocenters. The van der Waals surface area contributed by atoms with Crippen molar-refractivity contribution in [1.29, 1.82) is 0 Å². The molecule has 3 rings (SSSR count). The summed E-state index contributed by atoms with van der Waals surface area (Å²) >= 11 is 0. The van der Waals surface area contributed by atoms with Crippen LogP contribution in [-0.2, 0) is 16.1 Å². The predicted molar refractivity (Wildman–Crippen MR) is 114 cm³/mol. The minimum atomic E-state index is -0.708. The number of hydrogen-bond acceptors (Lipinski definition) is 5. The molecule has 2 fully saturated rings. The summed E-state index contributed by atoms with van der Waals surface area (Å²) < 4.78 is 0. The summed E-state index contributed by atoms with van der Waals surface area (Å²) in [5, 5.41) is 4.91. The summed E-state index contributed by atoms with van der Waals surface area (Å²) in [4.78, 5) is 27.3. The summed E-state index contributed by atoms with van der Waals surface area (Å²) in [7, 11) is 1.64. The Hall–Kier alpha value is -2.20. The first kappa shape index (κ1) is 21.5. The molecule has 6 heteroatoms. The second-order valence-corrected chi connectivity index (χ2v) is 7.92. The number of piperazine rings is 1. The molecule has 1 unspecified atom stereocenters. The highest BCUT2D eigenvalue weighted by atomic mass is 16.2. The normalized spacial score (nSPS) is 19.8. The van der Waals surface area contributed by atoms with Gasteiger partial charge in [-0.3, -0.25) is 30.0 Å². The van der Waals surface area contributed by atoms with Gasteiger partial charge in [-0.25, -0.2) is 0 Å². The van der Waals surface area contributed by atoms with Crippen LogP contribution >= 0.6 is 0 Å². The molecular weight excluding hydrogens is 364 g/mol. The lowest BCUT2D eigenvalue weighted by Crippen LogP contribution is -2.50. The minimum absolute atomic E-state index is 0.373. The van der Waals surface area contributed by atoms with Crippen molar-refractivity contribution in [2.45, 2.75) is 50.7 Å². The van der Waals surface area contributed by atoms with E-state index < -0.39 is 11.9 Å². The molecule has 156 valence electrons. The summed E-state index contributed by atoms with van der Waals surface area (Å²) in [6, 6.07) is 8.31. The average molecular weight is 397 g/mol. The van der Waals surface area contributed by atoms with Gasteiger partial charge in [-0.2, -0.15) is 0 Å². The van der Waals surface area contributed by atoms with E-state index in [4.69, 9.17) is 0 Å². The molecule has 0 spiro atoms. The highest BCUT2D eigenvalue weighted by Crippen LogP contribution is 2.23. The van der Waals surface area contributed by atoms with Crippen molar-refractivity contribution in [3.8, 4) is 11.8 Å². The first-order valence-corrected chi connectivity index (χ1v) is 10.7. The number of nitrogens with one attached hydrogen (secondary N) is 2. The zero-order valence-corrected chi connectivity index (χ0v) is 17.3. The van der Waals surface area contributed by atoms with E-state index in [1.807, 2.05) is 12.1 Å². The number of rotatable bonds is 6. The third-order valence-corrected chi connectivity index (χ3v) is 5.97. The number of likely N-dealkylation sites (N-methyl/N-ethyl adjacent to an activating group) is 1. The molecule has 1 aromatic rings. The van der Waals surface area contributed by atoms with Gasteiger partial charge in [0, 0.05) is 44.3 Å². The van der Waals surface area contributed by atoms with E-state index in [-0.39, 0.29) is 0 Å². The third kappa shape index (κ3) is 6.40. The van der Waals surface area contributed by atoms with Crippen LogP contribution in [-0.4, -0.2) is 67.4 Å². The van der Waals surface area contributed by atoms with Crippen molar-refractivity contribution in [3.63, 3.8) is 0 Å². The number of hydrogen-bond donors (Lipinski definition) is 2. The number of nitrogens with zero attached hydrogens (tertiary/aromatic N) is 2. The van der Waals surface area contributed by atoms with Gasteiger partial charge < -0.3 is 0 Å². The molecule has 2 aliphatic rings. The van der Waals surface area contributed by atoms with Crippen LogP contribution in [0.4, 0.5) is 0 Å². The van der Waals surface area contributed by atoms with E-state index in [0.717, 1.165) is 31.2 Å². The maximum Gasteiger partial charge on any atom is 0.255 e. The summed E-state index contributed by atoms with van der Waals surface area (Å²) in [6.45, 7) is 5.60. The maximum absolute atomic E-state index is 11.7. The molecule has 0 radical (unpaired) electrons. The molecule has 1 heterocycles. The first-order chi connectivity index (χ1) is 14.2. The lowest BCUT2D eigenvalue weighted by Gasteiger charge is -2.40. The Kier molecular flexibility index (Phi) is 8.24. The van der Waals surface area contributed by atoms with Gasteiger partial charge in [-0.15, -0.1) is 0 Å². The summed E-state index contributed by atoms with van der Waals surface area (Å²) in [5.74, 6) is 5.41. The lowest BCUT2D eigenvalue weighted by atomic mass is 9.94. The topological polar surface area (TPSA) is 64.7 Å². The SMILES string of the molecule is CNC(C#Cc1ccc(CN2CCN(C3CCCCC3)CC2)cc1)C(=O)NC=O. The molecule has 0 bridgehead atoms. The molecule has 1 saturated heterocycles. The second kappa shape index (κ2) is 11.1. The van der Waals surface area contributed by atoms with E-state index >= 15 is 0 Å². The molecule has 1 aromatic carbocycles. The Bertz CT molecular complexity index is 723. The predicted octanol–water partition coefficient (Wildman–Crippen LogP) is 1.35. The molecule has 1 saturated carbocycles. The van der Waals surface area contributed by atoms with E-state index in [1.165, 1.54) is 50.8 Å². The van der Waals surface area contributed by atoms with Crippen LogP contribution in [0, 0.1) is 11.8 Å². The van der Waals surface area contributed by atoms with E-state index in [9.17, 15) is 9.59 Å². The highest BCUT2D eigenvalue weighted by Gasteiger charge is 2.24. The molecule has 6 nitrogen and oxygen atoms in total.